The van der Waals surface area contributed by atoms with Crippen molar-refractivity contribution < 1.29 is 14.7 Å². The zero-order chi connectivity index (χ0) is 16.5. The number of carbonyl (C=O) groups is 2. The number of aromatic nitrogens is 1. The Bertz CT molecular complexity index is 649. The number of fused-ring (bicyclic) bond motifs is 1. The molecule has 2 aromatic rings. The second-order valence-electron chi connectivity index (χ2n) is 5.76. The standard InChI is InChI=1S/C18H24N2O3/c21-17(19-12-7-3-1-2-4-10-18(22)23)14-20-13-11-15-8-5-6-9-16(15)20/h5-6,8-9,11,13H,1-4,7,10,12,14H2,(H,19,21)(H,22,23). The van der Waals surface area contributed by atoms with Crippen LogP contribution in [0.15, 0.2) is 36.5 Å². The fourth-order valence-corrected chi connectivity index (χ4v) is 2.65. The summed E-state index contributed by atoms with van der Waals surface area (Å²) in [6.45, 7) is 1.02. The van der Waals surface area contributed by atoms with E-state index in [1.807, 2.05) is 41.1 Å². The minimum Gasteiger partial charge on any atom is -0.481 e. The van der Waals surface area contributed by atoms with Crippen LogP contribution < -0.4 is 5.32 Å². The number of nitrogens with zero attached hydrogens (tertiary/aromatic N) is 1. The third-order valence-corrected chi connectivity index (χ3v) is 3.88. The van der Waals surface area contributed by atoms with Gasteiger partial charge in [0.15, 0.2) is 0 Å². The highest BCUT2D eigenvalue weighted by atomic mass is 16.4. The normalized spacial score (nSPS) is 10.8. The van der Waals surface area contributed by atoms with Crippen molar-refractivity contribution in [1.82, 2.24) is 9.88 Å². The Kier molecular flexibility index (Phi) is 6.66. The molecular formula is C18H24N2O3. The van der Waals surface area contributed by atoms with E-state index in [0.717, 1.165) is 43.0 Å². The molecule has 1 heterocycles. The van der Waals surface area contributed by atoms with Gasteiger partial charge in [-0.05, 0) is 30.4 Å². The second kappa shape index (κ2) is 8.98. The van der Waals surface area contributed by atoms with E-state index in [0.29, 0.717) is 13.1 Å². The Hall–Kier alpha value is -2.30. The molecule has 23 heavy (non-hydrogen) atoms. The van der Waals surface area contributed by atoms with Crippen molar-refractivity contribution in [2.24, 2.45) is 0 Å². The molecule has 2 rings (SSSR count). The van der Waals surface area contributed by atoms with Gasteiger partial charge in [-0.2, -0.15) is 0 Å². The van der Waals surface area contributed by atoms with Crippen molar-refractivity contribution in [2.75, 3.05) is 6.54 Å². The van der Waals surface area contributed by atoms with Crippen LogP contribution in [0.3, 0.4) is 0 Å². The number of rotatable bonds is 10. The molecule has 5 heteroatoms. The predicted octanol–water partition coefficient (Wildman–Crippen LogP) is 3.18. The summed E-state index contributed by atoms with van der Waals surface area (Å²) in [5.41, 5.74) is 1.07. The maximum Gasteiger partial charge on any atom is 0.303 e. The van der Waals surface area contributed by atoms with Gasteiger partial charge in [0, 0.05) is 24.7 Å². The summed E-state index contributed by atoms with van der Waals surface area (Å²) < 4.78 is 1.95. The lowest BCUT2D eigenvalue weighted by molar-refractivity contribution is -0.137. The van der Waals surface area contributed by atoms with E-state index in [1.165, 1.54) is 0 Å². The highest BCUT2D eigenvalue weighted by Gasteiger charge is 2.05. The summed E-state index contributed by atoms with van der Waals surface area (Å²) in [5.74, 6) is -0.702. The van der Waals surface area contributed by atoms with Gasteiger partial charge in [0.05, 0.1) is 0 Å². The van der Waals surface area contributed by atoms with E-state index in [1.54, 1.807) is 0 Å². The number of nitrogens with one attached hydrogen (secondary N) is 1. The fraction of sp³-hybridized carbons (Fsp3) is 0.444. The fourth-order valence-electron chi connectivity index (χ4n) is 2.65. The highest BCUT2D eigenvalue weighted by molar-refractivity contribution is 5.83. The number of amides is 1. The van der Waals surface area contributed by atoms with Gasteiger partial charge in [-0.1, -0.05) is 37.5 Å². The molecule has 124 valence electrons. The van der Waals surface area contributed by atoms with Crippen LogP contribution in [-0.2, 0) is 16.1 Å². The zero-order valence-electron chi connectivity index (χ0n) is 13.3. The van der Waals surface area contributed by atoms with Gasteiger partial charge in [-0.15, -0.1) is 0 Å². The number of carbonyl (C=O) groups excluding carboxylic acids is 1. The molecule has 0 bridgehead atoms. The third-order valence-electron chi connectivity index (χ3n) is 3.88. The molecule has 0 unspecified atom stereocenters. The summed E-state index contributed by atoms with van der Waals surface area (Å²) in [7, 11) is 0. The molecule has 0 radical (unpaired) electrons. The summed E-state index contributed by atoms with van der Waals surface area (Å²) in [6, 6.07) is 10.0. The Morgan fingerprint density at radius 3 is 2.57 bits per heavy atom. The Morgan fingerprint density at radius 2 is 1.74 bits per heavy atom. The van der Waals surface area contributed by atoms with Crippen LogP contribution in [0.4, 0.5) is 0 Å². The first-order valence-corrected chi connectivity index (χ1v) is 8.19. The summed E-state index contributed by atoms with van der Waals surface area (Å²) in [4.78, 5) is 22.3. The van der Waals surface area contributed by atoms with Gasteiger partial charge < -0.3 is 15.0 Å². The number of hydrogen-bond acceptors (Lipinski definition) is 2. The molecule has 5 nitrogen and oxygen atoms in total. The monoisotopic (exact) mass is 316 g/mol. The highest BCUT2D eigenvalue weighted by Crippen LogP contribution is 2.14. The molecule has 0 aliphatic carbocycles. The lowest BCUT2D eigenvalue weighted by Gasteiger charge is -2.07. The number of unbranched alkanes of at least 4 members (excludes halogenated alkanes) is 4. The third kappa shape index (κ3) is 5.77. The van der Waals surface area contributed by atoms with Crippen LogP contribution in [0.1, 0.15) is 38.5 Å². The van der Waals surface area contributed by atoms with Crippen LogP contribution in [0, 0.1) is 0 Å². The molecule has 0 fully saturated rings. The first-order chi connectivity index (χ1) is 11.2. The maximum atomic E-state index is 12.0. The van der Waals surface area contributed by atoms with Crippen LogP contribution in [-0.4, -0.2) is 28.1 Å². The molecule has 0 aliphatic rings. The number of carboxylic acid groups (broad SMARTS) is 1. The van der Waals surface area contributed by atoms with Gasteiger partial charge in [0.25, 0.3) is 0 Å². The topological polar surface area (TPSA) is 71.3 Å². The number of hydrogen-bond donors (Lipinski definition) is 2. The Balaban J connectivity index is 1.59. The Labute approximate surface area is 136 Å². The largest absolute Gasteiger partial charge is 0.481 e. The van der Waals surface area contributed by atoms with Crippen LogP contribution >= 0.6 is 0 Å². The number of carboxylic acids is 1. The molecule has 0 atom stereocenters. The second-order valence-corrected chi connectivity index (χ2v) is 5.76. The van der Waals surface area contributed by atoms with Crippen LogP contribution in [0.2, 0.25) is 0 Å². The van der Waals surface area contributed by atoms with Crippen molar-refractivity contribution in [3.8, 4) is 0 Å². The quantitative estimate of drug-likeness (QED) is 0.661. The van der Waals surface area contributed by atoms with E-state index in [2.05, 4.69) is 5.32 Å². The van der Waals surface area contributed by atoms with Crippen molar-refractivity contribution in [3.05, 3.63) is 36.5 Å². The lowest BCUT2D eigenvalue weighted by Crippen LogP contribution is -2.28. The van der Waals surface area contributed by atoms with Gasteiger partial charge in [0.2, 0.25) is 5.91 Å². The zero-order valence-corrected chi connectivity index (χ0v) is 13.3. The van der Waals surface area contributed by atoms with Gasteiger partial charge in [0.1, 0.15) is 6.54 Å². The molecule has 0 aliphatic heterocycles. The Morgan fingerprint density at radius 1 is 1.00 bits per heavy atom. The first kappa shape index (κ1) is 17.1. The van der Waals surface area contributed by atoms with Gasteiger partial charge >= 0.3 is 5.97 Å². The average molecular weight is 316 g/mol. The van der Waals surface area contributed by atoms with E-state index in [9.17, 15) is 9.59 Å². The maximum absolute atomic E-state index is 12.0. The molecule has 1 aromatic heterocycles. The number of para-hydroxylation sites is 1. The smallest absolute Gasteiger partial charge is 0.303 e. The summed E-state index contributed by atoms with van der Waals surface area (Å²) in [6.07, 6.45) is 6.84. The number of aliphatic carboxylic acids is 1. The minimum atomic E-state index is -0.727. The predicted molar refractivity (Wildman–Crippen MR) is 90.3 cm³/mol. The number of benzene rings is 1. The van der Waals surface area contributed by atoms with E-state index in [4.69, 9.17) is 5.11 Å². The molecule has 2 N–H and O–H groups in total. The van der Waals surface area contributed by atoms with Crippen LogP contribution in [0.5, 0.6) is 0 Å². The molecule has 0 saturated carbocycles. The lowest BCUT2D eigenvalue weighted by atomic mass is 10.1. The molecule has 1 amide bonds. The minimum absolute atomic E-state index is 0.0252. The van der Waals surface area contributed by atoms with E-state index in [-0.39, 0.29) is 12.3 Å². The van der Waals surface area contributed by atoms with Crippen molar-refractivity contribution in [3.63, 3.8) is 0 Å². The van der Waals surface area contributed by atoms with Crippen molar-refractivity contribution in [1.29, 1.82) is 0 Å². The van der Waals surface area contributed by atoms with Gasteiger partial charge in [-0.25, -0.2) is 0 Å². The molecule has 0 spiro atoms. The SMILES string of the molecule is O=C(O)CCCCCCCNC(=O)Cn1ccc2ccccc21. The average Bonchev–Trinajstić information content (AvgIpc) is 2.93. The van der Waals surface area contributed by atoms with Crippen molar-refractivity contribution >= 4 is 22.8 Å². The molecular weight excluding hydrogens is 292 g/mol. The first-order valence-electron chi connectivity index (χ1n) is 8.19. The van der Waals surface area contributed by atoms with E-state index < -0.39 is 5.97 Å². The molecule has 1 aromatic carbocycles. The summed E-state index contributed by atoms with van der Waals surface area (Å²) >= 11 is 0. The molecule has 0 saturated heterocycles. The van der Waals surface area contributed by atoms with Crippen molar-refractivity contribution in [2.45, 2.75) is 45.1 Å². The summed E-state index contributed by atoms with van der Waals surface area (Å²) in [5, 5.41) is 12.6. The van der Waals surface area contributed by atoms with Crippen LogP contribution in [0.25, 0.3) is 10.9 Å². The van der Waals surface area contributed by atoms with E-state index >= 15 is 0 Å². The van der Waals surface area contributed by atoms with Gasteiger partial charge in [-0.3, -0.25) is 9.59 Å².